The van der Waals surface area contributed by atoms with E-state index in [1.807, 2.05) is 30.3 Å². The van der Waals surface area contributed by atoms with Gasteiger partial charge in [-0.25, -0.2) is 0 Å². The van der Waals surface area contributed by atoms with Crippen LogP contribution in [0.4, 0.5) is 0 Å². The highest BCUT2D eigenvalue weighted by atomic mass is 16.5. The Labute approximate surface area is 106 Å². The summed E-state index contributed by atoms with van der Waals surface area (Å²) in [5, 5.41) is 11.7. The first-order valence-corrected chi connectivity index (χ1v) is 5.74. The molecular formula is C14H17NO3. The van der Waals surface area contributed by atoms with Gasteiger partial charge >= 0.3 is 0 Å². The molecule has 2 aromatic carbocycles. The van der Waals surface area contributed by atoms with Crippen molar-refractivity contribution in [1.82, 2.24) is 0 Å². The second-order valence-corrected chi connectivity index (χ2v) is 3.99. The third kappa shape index (κ3) is 2.00. The van der Waals surface area contributed by atoms with Crippen LogP contribution < -0.4 is 15.2 Å². The van der Waals surface area contributed by atoms with Crippen LogP contribution in [-0.4, -0.2) is 25.9 Å². The summed E-state index contributed by atoms with van der Waals surface area (Å²) in [5.74, 6) is 1.42. The van der Waals surface area contributed by atoms with Gasteiger partial charge in [0.2, 0.25) is 0 Å². The standard InChI is InChI=1S/C14H17NO3/c1-17-13-5-3-4-10-9(13)6-7-11(12(16)8-15)14(10)18-2/h3-7,12,16H,8,15H2,1-2H3. The van der Waals surface area contributed by atoms with Crippen LogP contribution in [0.3, 0.4) is 0 Å². The van der Waals surface area contributed by atoms with E-state index in [0.717, 1.165) is 16.5 Å². The molecule has 96 valence electrons. The van der Waals surface area contributed by atoms with Gasteiger partial charge < -0.3 is 20.3 Å². The molecule has 0 bridgehead atoms. The van der Waals surface area contributed by atoms with E-state index in [1.165, 1.54) is 0 Å². The number of rotatable bonds is 4. The van der Waals surface area contributed by atoms with Crippen molar-refractivity contribution in [2.24, 2.45) is 5.73 Å². The van der Waals surface area contributed by atoms with Crippen LogP contribution in [0.1, 0.15) is 11.7 Å². The Morgan fingerprint density at radius 1 is 1.11 bits per heavy atom. The summed E-state index contributed by atoms with van der Waals surface area (Å²) in [6.45, 7) is 0.159. The Morgan fingerprint density at radius 2 is 1.89 bits per heavy atom. The Morgan fingerprint density at radius 3 is 2.50 bits per heavy atom. The number of hydrogen-bond donors (Lipinski definition) is 2. The quantitative estimate of drug-likeness (QED) is 0.865. The van der Waals surface area contributed by atoms with Crippen molar-refractivity contribution in [3.8, 4) is 11.5 Å². The highest BCUT2D eigenvalue weighted by Crippen LogP contribution is 2.37. The van der Waals surface area contributed by atoms with Gasteiger partial charge in [-0.1, -0.05) is 24.3 Å². The Bertz CT molecular complexity index is 554. The van der Waals surface area contributed by atoms with Gasteiger partial charge in [-0.3, -0.25) is 0 Å². The smallest absolute Gasteiger partial charge is 0.132 e. The first kappa shape index (κ1) is 12.7. The third-order valence-electron chi connectivity index (χ3n) is 3.01. The summed E-state index contributed by atoms with van der Waals surface area (Å²) in [5.41, 5.74) is 6.19. The normalized spacial score (nSPS) is 12.4. The number of fused-ring (bicyclic) bond motifs is 1. The van der Waals surface area contributed by atoms with E-state index in [0.29, 0.717) is 11.3 Å². The lowest BCUT2D eigenvalue weighted by Crippen LogP contribution is -2.12. The van der Waals surface area contributed by atoms with Gasteiger partial charge in [-0.2, -0.15) is 0 Å². The summed E-state index contributed by atoms with van der Waals surface area (Å²) in [6, 6.07) is 9.44. The van der Waals surface area contributed by atoms with Crippen LogP contribution >= 0.6 is 0 Å². The lowest BCUT2D eigenvalue weighted by molar-refractivity contribution is 0.182. The van der Waals surface area contributed by atoms with Gasteiger partial charge in [0.25, 0.3) is 0 Å². The fraction of sp³-hybridized carbons (Fsp3) is 0.286. The topological polar surface area (TPSA) is 64.7 Å². The molecule has 0 aliphatic carbocycles. The first-order valence-electron chi connectivity index (χ1n) is 5.74. The van der Waals surface area contributed by atoms with E-state index in [1.54, 1.807) is 14.2 Å². The van der Waals surface area contributed by atoms with E-state index in [4.69, 9.17) is 15.2 Å². The van der Waals surface area contributed by atoms with Crippen molar-refractivity contribution >= 4 is 10.8 Å². The summed E-state index contributed by atoms with van der Waals surface area (Å²) in [7, 11) is 3.21. The molecule has 0 spiro atoms. The molecule has 0 aromatic heterocycles. The maximum Gasteiger partial charge on any atom is 0.132 e. The molecule has 0 saturated carbocycles. The van der Waals surface area contributed by atoms with Crippen molar-refractivity contribution in [3.05, 3.63) is 35.9 Å². The zero-order valence-electron chi connectivity index (χ0n) is 10.5. The summed E-state index contributed by atoms with van der Waals surface area (Å²) in [6.07, 6.45) is -0.726. The molecule has 4 heteroatoms. The van der Waals surface area contributed by atoms with Gasteiger partial charge in [0.15, 0.2) is 0 Å². The predicted molar refractivity (Wildman–Crippen MR) is 71.1 cm³/mol. The lowest BCUT2D eigenvalue weighted by atomic mass is 10.0. The van der Waals surface area contributed by atoms with E-state index in [-0.39, 0.29) is 6.54 Å². The molecule has 0 radical (unpaired) electrons. The van der Waals surface area contributed by atoms with Gasteiger partial charge in [-0.05, 0) is 6.07 Å². The van der Waals surface area contributed by atoms with Gasteiger partial charge in [0.05, 0.1) is 20.3 Å². The zero-order valence-corrected chi connectivity index (χ0v) is 10.5. The number of hydrogen-bond acceptors (Lipinski definition) is 4. The number of aliphatic hydroxyl groups is 1. The van der Waals surface area contributed by atoms with E-state index >= 15 is 0 Å². The molecule has 3 N–H and O–H groups in total. The molecule has 1 atom stereocenters. The molecule has 18 heavy (non-hydrogen) atoms. The van der Waals surface area contributed by atoms with Crippen molar-refractivity contribution in [3.63, 3.8) is 0 Å². The van der Waals surface area contributed by atoms with Crippen LogP contribution in [0.25, 0.3) is 10.8 Å². The number of nitrogens with two attached hydrogens (primary N) is 1. The SMILES string of the molecule is COc1cccc2c(OC)c(C(O)CN)ccc12. The zero-order chi connectivity index (χ0) is 13.1. The minimum absolute atomic E-state index is 0.159. The summed E-state index contributed by atoms with van der Waals surface area (Å²) >= 11 is 0. The van der Waals surface area contributed by atoms with Crippen LogP contribution in [0.15, 0.2) is 30.3 Å². The van der Waals surface area contributed by atoms with Crippen molar-refractivity contribution in [2.45, 2.75) is 6.10 Å². The van der Waals surface area contributed by atoms with E-state index in [9.17, 15) is 5.11 Å². The van der Waals surface area contributed by atoms with E-state index in [2.05, 4.69) is 0 Å². The Balaban J connectivity index is 2.72. The first-order chi connectivity index (χ1) is 8.72. The molecular weight excluding hydrogens is 230 g/mol. The van der Waals surface area contributed by atoms with Crippen LogP contribution in [0.5, 0.6) is 11.5 Å². The molecule has 0 amide bonds. The van der Waals surface area contributed by atoms with Gasteiger partial charge in [-0.15, -0.1) is 0 Å². The largest absolute Gasteiger partial charge is 0.496 e. The number of aliphatic hydroxyl groups excluding tert-OH is 1. The number of ether oxygens (including phenoxy) is 2. The second kappa shape index (κ2) is 5.25. The molecule has 0 saturated heterocycles. The van der Waals surface area contributed by atoms with Crippen LogP contribution in [-0.2, 0) is 0 Å². The molecule has 4 nitrogen and oxygen atoms in total. The van der Waals surface area contributed by atoms with Crippen molar-refractivity contribution in [1.29, 1.82) is 0 Å². The molecule has 0 heterocycles. The van der Waals surface area contributed by atoms with Crippen LogP contribution in [0, 0.1) is 0 Å². The fourth-order valence-electron chi connectivity index (χ4n) is 2.11. The monoisotopic (exact) mass is 247 g/mol. The Hall–Kier alpha value is -1.78. The molecule has 2 rings (SSSR count). The highest BCUT2D eigenvalue weighted by Gasteiger charge is 2.15. The summed E-state index contributed by atoms with van der Waals surface area (Å²) < 4.78 is 10.7. The molecule has 0 aliphatic rings. The van der Waals surface area contributed by atoms with Gasteiger partial charge in [0, 0.05) is 22.9 Å². The maximum atomic E-state index is 9.89. The minimum atomic E-state index is -0.726. The summed E-state index contributed by atoms with van der Waals surface area (Å²) in [4.78, 5) is 0. The lowest BCUT2D eigenvalue weighted by Gasteiger charge is -2.16. The highest BCUT2D eigenvalue weighted by molar-refractivity contribution is 5.94. The maximum absolute atomic E-state index is 9.89. The molecule has 0 aliphatic heterocycles. The molecule has 0 fully saturated rings. The average Bonchev–Trinajstić information content (AvgIpc) is 2.44. The minimum Gasteiger partial charge on any atom is -0.496 e. The van der Waals surface area contributed by atoms with Crippen molar-refractivity contribution in [2.75, 3.05) is 20.8 Å². The molecule has 1 unspecified atom stereocenters. The van der Waals surface area contributed by atoms with E-state index < -0.39 is 6.10 Å². The Kier molecular flexibility index (Phi) is 3.69. The number of methoxy groups -OCH3 is 2. The predicted octanol–water partition coefficient (Wildman–Crippen LogP) is 1.85. The van der Waals surface area contributed by atoms with Crippen molar-refractivity contribution < 1.29 is 14.6 Å². The van der Waals surface area contributed by atoms with Crippen LogP contribution in [0.2, 0.25) is 0 Å². The molecule has 2 aromatic rings. The average molecular weight is 247 g/mol. The third-order valence-corrected chi connectivity index (χ3v) is 3.01. The number of benzene rings is 2. The van der Waals surface area contributed by atoms with Gasteiger partial charge in [0.1, 0.15) is 11.5 Å². The fourth-order valence-corrected chi connectivity index (χ4v) is 2.11. The second-order valence-electron chi connectivity index (χ2n) is 3.99.